The molecule has 1 aromatic carbocycles. The van der Waals surface area contributed by atoms with E-state index < -0.39 is 5.97 Å². The number of carbonyl (C=O) groups is 2. The highest BCUT2D eigenvalue weighted by molar-refractivity contribution is 7.19. The average Bonchev–Trinajstić information content (AvgIpc) is 3.50. The van der Waals surface area contributed by atoms with Gasteiger partial charge in [0.1, 0.15) is 23.0 Å². The predicted molar refractivity (Wildman–Crippen MR) is 128 cm³/mol. The van der Waals surface area contributed by atoms with E-state index in [9.17, 15) is 14.7 Å². The maximum absolute atomic E-state index is 13.1. The number of nitrogens with zero attached hydrogens (tertiary/aromatic N) is 4. The molecule has 0 radical (unpaired) electrons. The summed E-state index contributed by atoms with van der Waals surface area (Å²) in [6.45, 7) is 0.778. The normalized spacial score (nSPS) is 15.3. The van der Waals surface area contributed by atoms with Gasteiger partial charge in [0.05, 0.1) is 13.2 Å². The molecule has 184 valence electrons. The number of methoxy groups -OCH3 is 2. The maximum Gasteiger partial charge on any atom is 0.322 e. The summed E-state index contributed by atoms with van der Waals surface area (Å²) in [5.74, 6) is -0.851. The number of carboxylic acids is 1. The standard InChI is InChI=1S/C23H25N5O6S/c1-33-16-7-8-28(12-16)23(32)17-10-14(9-13-3-5-15(29)6-4-13)19(27-26-17)21-25-20(34-2)22(35-21)24-11-18(30)31/h3-6,10,16,24,29H,7-9,11-12H2,1-2H3,(H,30,31). The van der Waals surface area contributed by atoms with E-state index in [2.05, 4.69) is 20.5 Å². The Balaban J connectivity index is 1.70. The van der Waals surface area contributed by atoms with Gasteiger partial charge in [0, 0.05) is 20.2 Å². The summed E-state index contributed by atoms with van der Waals surface area (Å²) >= 11 is 1.18. The van der Waals surface area contributed by atoms with Crippen LogP contribution in [0.2, 0.25) is 0 Å². The molecule has 0 saturated carbocycles. The molecule has 2 aromatic heterocycles. The van der Waals surface area contributed by atoms with E-state index in [1.54, 1.807) is 42.3 Å². The Labute approximate surface area is 205 Å². The van der Waals surface area contributed by atoms with Crippen LogP contribution in [0.1, 0.15) is 28.0 Å². The second kappa shape index (κ2) is 10.7. The molecule has 1 saturated heterocycles. The fourth-order valence-electron chi connectivity index (χ4n) is 3.76. The molecule has 0 aliphatic carbocycles. The molecule has 1 aliphatic heterocycles. The minimum atomic E-state index is -1.02. The van der Waals surface area contributed by atoms with Gasteiger partial charge in [0.2, 0.25) is 5.88 Å². The van der Waals surface area contributed by atoms with E-state index in [1.165, 1.54) is 18.4 Å². The van der Waals surface area contributed by atoms with Crippen LogP contribution in [0, 0.1) is 0 Å². The number of likely N-dealkylation sites (tertiary alicyclic amines) is 1. The van der Waals surface area contributed by atoms with Gasteiger partial charge in [0.15, 0.2) is 10.7 Å². The van der Waals surface area contributed by atoms with Crippen LogP contribution in [0.25, 0.3) is 10.7 Å². The first kappa shape index (κ1) is 24.4. The molecule has 3 aromatic rings. The summed E-state index contributed by atoms with van der Waals surface area (Å²) in [5, 5.41) is 30.9. The summed E-state index contributed by atoms with van der Waals surface area (Å²) in [6, 6.07) is 8.45. The Bertz CT molecular complexity index is 1220. The number of amides is 1. The molecule has 1 atom stereocenters. The molecule has 1 aliphatic rings. The monoisotopic (exact) mass is 499 g/mol. The third-order valence-corrected chi connectivity index (χ3v) is 6.58. The van der Waals surface area contributed by atoms with E-state index in [0.717, 1.165) is 12.0 Å². The van der Waals surface area contributed by atoms with E-state index in [0.29, 0.717) is 40.8 Å². The third-order valence-electron chi connectivity index (χ3n) is 5.58. The molecule has 0 bridgehead atoms. The van der Waals surface area contributed by atoms with Crippen LogP contribution < -0.4 is 10.1 Å². The Kier molecular flexibility index (Phi) is 7.42. The molecule has 35 heavy (non-hydrogen) atoms. The second-order valence-electron chi connectivity index (χ2n) is 7.95. The molecule has 1 unspecified atom stereocenters. The Morgan fingerprint density at radius 2 is 2.00 bits per heavy atom. The van der Waals surface area contributed by atoms with Gasteiger partial charge in [0.25, 0.3) is 5.91 Å². The predicted octanol–water partition coefficient (Wildman–Crippen LogP) is 2.26. The minimum absolute atomic E-state index is 0.00200. The van der Waals surface area contributed by atoms with Crippen LogP contribution in [0.15, 0.2) is 30.3 Å². The lowest BCUT2D eigenvalue weighted by Crippen LogP contribution is -2.31. The topological polar surface area (TPSA) is 147 Å². The molecule has 12 heteroatoms. The fourth-order valence-corrected chi connectivity index (χ4v) is 4.71. The number of aromatic nitrogens is 3. The fraction of sp³-hybridized carbons (Fsp3) is 0.348. The van der Waals surface area contributed by atoms with Crippen molar-refractivity contribution in [1.82, 2.24) is 20.1 Å². The summed E-state index contributed by atoms with van der Waals surface area (Å²) in [4.78, 5) is 30.2. The van der Waals surface area contributed by atoms with Gasteiger partial charge < -0.3 is 29.9 Å². The number of phenolic OH excluding ortho intramolecular Hbond substituents is 1. The summed E-state index contributed by atoms with van der Waals surface area (Å²) in [7, 11) is 3.07. The van der Waals surface area contributed by atoms with E-state index in [4.69, 9.17) is 14.6 Å². The molecule has 11 nitrogen and oxygen atoms in total. The molecular weight excluding hydrogens is 474 g/mol. The van der Waals surface area contributed by atoms with Gasteiger partial charge in [-0.15, -0.1) is 10.2 Å². The number of carboxylic acid groups (broad SMARTS) is 1. The van der Waals surface area contributed by atoms with Crippen molar-refractivity contribution in [3.63, 3.8) is 0 Å². The number of aromatic hydroxyl groups is 1. The number of aliphatic carboxylic acids is 1. The zero-order chi connectivity index (χ0) is 24.9. The number of phenols is 1. The first-order chi connectivity index (χ1) is 16.9. The summed E-state index contributed by atoms with van der Waals surface area (Å²) in [6.07, 6.45) is 1.17. The van der Waals surface area contributed by atoms with Crippen molar-refractivity contribution in [2.75, 3.05) is 39.2 Å². The first-order valence-corrected chi connectivity index (χ1v) is 11.7. The second-order valence-corrected chi connectivity index (χ2v) is 8.95. The zero-order valence-corrected chi connectivity index (χ0v) is 20.0. The number of thiazole rings is 1. The third kappa shape index (κ3) is 5.66. The number of ether oxygens (including phenoxy) is 2. The van der Waals surface area contributed by atoms with Crippen molar-refractivity contribution < 1.29 is 29.3 Å². The Hall–Kier alpha value is -3.77. The number of hydrogen-bond acceptors (Lipinski definition) is 10. The van der Waals surface area contributed by atoms with Gasteiger partial charge in [-0.1, -0.05) is 23.5 Å². The van der Waals surface area contributed by atoms with Gasteiger partial charge in [-0.25, -0.2) is 0 Å². The SMILES string of the molecule is COc1nc(-c2nnc(C(=O)N3CCC(OC)C3)cc2Cc2ccc(O)cc2)sc1NCC(=O)O. The lowest BCUT2D eigenvalue weighted by atomic mass is 10.0. The number of benzene rings is 1. The summed E-state index contributed by atoms with van der Waals surface area (Å²) in [5.41, 5.74) is 2.27. The number of nitrogens with one attached hydrogen (secondary N) is 1. The van der Waals surface area contributed by atoms with Crippen LogP contribution in [-0.2, 0) is 16.0 Å². The number of anilines is 1. The van der Waals surface area contributed by atoms with Gasteiger partial charge in [-0.05, 0) is 42.2 Å². The molecule has 3 N–H and O–H groups in total. The van der Waals surface area contributed by atoms with Crippen molar-refractivity contribution >= 4 is 28.2 Å². The summed E-state index contributed by atoms with van der Waals surface area (Å²) < 4.78 is 10.7. The molecule has 0 spiro atoms. The molecular formula is C23H25N5O6S. The van der Waals surface area contributed by atoms with Crippen LogP contribution in [0.5, 0.6) is 11.6 Å². The number of carbonyl (C=O) groups excluding carboxylic acids is 1. The van der Waals surface area contributed by atoms with Crippen molar-refractivity contribution in [2.45, 2.75) is 18.9 Å². The van der Waals surface area contributed by atoms with Crippen molar-refractivity contribution in [3.8, 4) is 22.3 Å². The smallest absolute Gasteiger partial charge is 0.322 e. The quantitative estimate of drug-likeness (QED) is 0.400. The molecule has 1 fully saturated rings. The highest BCUT2D eigenvalue weighted by Crippen LogP contribution is 2.37. The molecule has 3 heterocycles. The van der Waals surface area contributed by atoms with E-state index in [-0.39, 0.29) is 35.9 Å². The van der Waals surface area contributed by atoms with Crippen molar-refractivity contribution in [1.29, 1.82) is 0 Å². The highest BCUT2D eigenvalue weighted by Gasteiger charge is 2.29. The largest absolute Gasteiger partial charge is 0.508 e. The van der Waals surface area contributed by atoms with Gasteiger partial charge >= 0.3 is 5.97 Å². The van der Waals surface area contributed by atoms with Crippen LogP contribution >= 0.6 is 11.3 Å². The van der Waals surface area contributed by atoms with Crippen molar-refractivity contribution in [2.24, 2.45) is 0 Å². The molecule has 1 amide bonds. The number of rotatable bonds is 9. The highest BCUT2D eigenvalue weighted by atomic mass is 32.1. The molecule has 4 rings (SSSR count). The van der Waals surface area contributed by atoms with Crippen LogP contribution in [0.4, 0.5) is 5.00 Å². The number of hydrogen-bond donors (Lipinski definition) is 3. The zero-order valence-electron chi connectivity index (χ0n) is 19.2. The van der Waals surface area contributed by atoms with Gasteiger partial charge in [-0.2, -0.15) is 4.98 Å². The van der Waals surface area contributed by atoms with Gasteiger partial charge in [-0.3, -0.25) is 9.59 Å². The van der Waals surface area contributed by atoms with Crippen LogP contribution in [0.3, 0.4) is 0 Å². The van der Waals surface area contributed by atoms with Crippen molar-refractivity contribution in [3.05, 3.63) is 47.2 Å². The maximum atomic E-state index is 13.1. The Morgan fingerprint density at radius 1 is 1.23 bits per heavy atom. The average molecular weight is 500 g/mol. The van der Waals surface area contributed by atoms with E-state index in [1.807, 2.05) is 0 Å². The van der Waals surface area contributed by atoms with Crippen LogP contribution in [-0.4, -0.2) is 82.1 Å². The van der Waals surface area contributed by atoms with E-state index >= 15 is 0 Å². The first-order valence-electron chi connectivity index (χ1n) is 10.8. The minimum Gasteiger partial charge on any atom is -0.508 e. The lowest BCUT2D eigenvalue weighted by molar-refractivity contribution is -0.134. The lowest BCUT2D eigenvalue weighted by Gasteiger charge is -2.16. The Morgan fingerprint density at radius 3 is 2.66 bits per heavy atom.